The van der Waals surface area contributed by atoms with E-state index in [-0.39, 0.29) is 23.9 Å². The fraction of sp³-hybridized carbons (Fsp3) is 0.167. The molecule has 0 fully saturated rings. The van der Waals surface area contributed by atoms with Crippen molar-refractivity contribution in [3.8, 4) is 0 Å². The van der Waals surface area contributed by atoms with Gasteiger partial charge in [0.2, 0.25) is 5.91 Å². The largest absolute Gasteiger partial charge is 0.361 e. The Morgan fingerprint density at radius 3 is 2.72 bits per heavy atom. The molecule has 2 N–H and O–H groups in total. The van der Waals surface area contributed by atoms with Gasteiger partial charge in [-0.2, -0.15) is 5.10 Å². The average molecular weight is 426 g/mol. The number of amides is 1. The van der Waals surface area contributed by atoms with Crippen molar-refractivity contribution in [3.63, 3.8) is 0 Å². The Balaban J connectivity index is 1.38. The van der Waals surface area contributed by atoms with E-state index in [4.69, 9.17) is 0 Å². The molecule has 5 rings (SSSR count). The molecule has 5 aromatic rings. The summed E-state index contributed by atoms with van der Waals surface area (Å²) in [4.78, 5) is 33.0. The summed E-state index contributed by atoms with van der Waals surface area (Å²) in [5.41, 5.74) is 3.48. The molecule has 0 spiro atoms. The zero-order chi connectivity index (χ0) is 22.1. The third kappa shape index (κ3) is 3.56. The molecule has 0 bridgehead atoms. The number of hydrogen-bond donors (Lipinski definition) is 2. The Hall–Kier alpha value is -4.20. The minimum absolute atomic E-state index is 0.0352. The number of fused-ring (bicyclic) bond motifs is 2. The lowest BCUT2D eigenvalue weighted by atomic mass is 9.91. The minimum atomic E-state index is -0.283. The van der Waals surface area contributed by atoms with Crippen LogP contribution >= 0.6 is 0 Å². The highest BCUT2D eigenvalue weighted by atomic mass is 16.2. The van der Waals surface area contributed by atoms with Gasteiger partial charge in [-0.15, -0.1) is 0 Å². The van der Waals surface area contributed by atoms with Gasteiger partial charge in [0.1, 0.15) is 18.3 Å². The highest BCUT2D eigenvalue weighted by Gasteiger charge is 2.19. The first-order valence-corrected chi connectivity index (χ1v) is 10.4. The highest BCUT2D eigenvalue weighted by Crippen LogP contribution is 2.30. The molecular formula is C24H22N6O2. The van der Waals surface area contributed by atoms with Crippen LogP contribution in [-0.4, -0.2) is 36.8 Å². The maximum absolute atomic E-state index is 12.7. The molecule has 1 atom stereocenters. The summed E-state index contributed by atoms with van der Waals surface area (Å²) in [5, 5.41) is 8.58. The summed E-state index contributed by atoms with van der Waals surface area (Å²) in [6, 6.07) is 18.2. The summed E-state index contributed by atoms with van der Waals surface area (Å²) in [6.07, 6.45) is 4.86. The molecule has 8 nitrogen and oxygen atoms in total. The number of aromatic nitrogens is 5. The lowest BCUT2D eigenvalue weighted by Crippen LogP contribution is -2.35. The molecule has 0 saturated heterocycles. The van der Waals surface area contributed by atoms with Gasteiger partial charge in [0, 0.05) is 36.6 Å². The first-order chi connectivity index (χ1) is 15.6. The first kappa shape index (κ1) is 19.7. The van der Waals surface area contributed by atoms with Crippen molar-refractivity contribution in [2.45, 2.75) is 12.5 Å². The molecule has 1 amide bonds. The Kier molecular flexibility index (Phi) is 5.03. The van der Waals surface area contributed by atoms with Gasteiger partial charge in [-0.05, 0) is 17.2 Å². The van der Waals surface area contributed by atoms with E-state index in [0.717, 1.165) is 22.0 Å². The van der Waals surface area contributed by atoms with E-state index < -0.39 is 0 Å². The predicted octanol–water partition coefficient (Wildman–Crippen LogP) is 2.56. The molecule has 3 aromatic heterocycles. The maximum Gasteiger partial charge on any atom is 0.264 e. The second-order valence-corrected chi connectivity index (χ2v) is 7.74. The number of benzene rings is 2. The van der Waals surface area contributed by atoms with E-state index in [1.54, 1.807) is 7.05 Å². The topological polar surface area (TPSA) is 97.6 Å². The van der Waals surface area contributed by atoms with Crippen LogP contribution in [0.2, 0.25) is 0 Å². The molecular weight excluding hydrogens is 404 g/mol. The quantitative estimate of drug-likeness (QED) is 0.436. The summed E-state index contributed by atoms with van der Waals surface area (Å²) in [5.74, 6) is -0.287. The van der Waals surface area contributed by atoms with Crippen molar-refractivity contribution in [2.24, 2.45) is 7.05 Å². The molecule has 0 aliphatic carbocycles. The summed E-state index contributed by atoms with van der Waals surface area (Å²) >= 11 is 0. The van der Waals surface area contributed by atoms with Crippen molar-refractivity contribution >= 4 is 27.8 Å². The van der Waals surface area contributed by atoms with Gasteiger partial charge in [-0.3, -0.25) is 18.8 Å². The molecule has 160 valence electrons. The van der Waals surface area contributed by atoms with Crippen LogP contribution in [0.25, 0.3) is 21.9 Å². The Labute approximate surface area is 183 Å². The Bertz CT molecular complexity index is 1460. The van der Waals surface area contributed by atoms with Crippen molar-refractivity contribution in [3.05, 3.63) is 94.8 Å². The zero-order valence-corrected chi connectivity index (χ0v) is 17.5. The number of hydrogen-bond acceptors (Lipinski definition) is 4. The maximum atomic E-state index is 12.7. The smallest absolute Gasteiger partial charge is 0.264 e. The highest BCUT2D eigenvalue weighted by molar-refractivity contribution is 5.84. The number of carbonyl (C=O) groups excluding carboxylic acids is 1. The number of nitrogens with one attached hydrogen (secondary N) is 2. The number of rotatable bonds is 6. The number of para-hydroxylation sites is 1. The number of nitrogens with zero attached hydrogens (tertiary/aromatic N) is 4. The lowest BCUT2D eigenvalue weighted by Gasteiger charge is -2.18. The molecule has 8 heteroatoms. The van der Waals surface area contributed by atoms with Crippen LogP contribution in [0, 0.1) is 0 Å². The molecule has 2 aromatic carbocycles. The van der Waals surface area contributed by atoms with E-state index in [2.05, 4.69) is 38.6 Å². The van der Waals surface area contributed by atoms with E-state index in [1.165, 1.54) is 21.8 Å². The number of H-pyrrole nitrogens is 1. The monoisotopic (exact) mass is 426 g/mol. The molecule has 0 saturated carbocycles. The molecule has 0 aliphatic rings. The van der Waals surface area contributed by atoms with Crippen LogP contribution in [0.5, 0.6) is 0 Å². The zero-order valence-electron chi connectivity index (χ0n) is 17.5. The van der Waals surface area contributed by atoms with Crippen molar-refractivity contribution in [2.75, 3.05) is 6.54 Å². The van der Waals surface area contributed by atoms with Crippen LogP contribution in [0.15, 0.2) is 78.1 Å². The molecule has 0 aliphatic heterocycles. The fourth-order valence-corrected chi connectivity index (χ4v) is 4.08. The van der Waals surface area contributed by atoms with E-state index >= 15 is 0 Å². The van der Waals surface area contributed by atoms with Gasteiger partial charge in [0.15, 0.2) is 5.65 Å². The Morgan fingerprint density at radius 1 is 1.09 bits per heavy atom. The molecule has 0 radical (unpaired) electrons. The standard InChI is InChI=1S/C24H22N6O2/c1-29-23-20(13-28-29)24(32)30(15-27-23)14-22(31)26-11-18(16-7-3-2-4-8-16)19-12-25-21-10-6-5-9-17(19)21/h2-10,12-13,15,18,25H,11,14H2,1H3,(H,26,31)/t18-/m0/s1. The van der Waals surface area contributed by atoms with Crippen molar-refractivity contribution in [1.29, 1.82) is 0 Å². The third-order valence-electron chi connectivity index (χ3n) is 5.73. The van der Waals surface area contributed by atoms with Crippen molar-refractivity contribution < 1.29 is 4.79 Å². The average Bonchev–Trinajstić information content (AvgIpc) is 3.41. The van der Waals surface area contributed by atoms with Gasteiger partial charge in [0.05, 0.1) is 6.20 Å². The van der Waals surface area contributed by atoms with Crippen LogP contribution in [0.3, 0.4) is 0 Å². The van der Waals surface area contributed by atoms with E-state index in [1.807, 2.05) is 42.6 Å². The lowest BCUT2D eigenvalue weighted by molar-refractivity contribution is -0.121. The van der Waals surface area contributed by atoms with Crippen LogP contribution in [-0.2, 0) is 18.4 Å². The number of carbonyl (C=O) groups is 1. The van der Waals surface area contributed by atoms with E-state index in [0.29, 0.717) is 17.6 Å². The van der Waals surface area contributed by atoms with Gasteiger partial charge >= 0.3 is 0 Å². The summed E-state index contributed by atoms with van der Waals surface area (Å²) in [7, 11) is 1.72. The third-order valence-corrected chi connectivity index (χ3v) is 5.73. The van der Waals surface area contributed by atoms with Crippen LogP contribution in [0.4, 0.5) is 0 Å². The van der Waals surface area contributed by atoms with Gasteiger partial charge in [0.25, 0.3) is 5.56 Å². The van der Waals surface area contributed by atoms with Crippen LogP contribution in [0.1, 0.15) is 17.0 Å². The normalized spacial score (nSPS) is 12.3. The second kappa shape index (κ2) is 8.14. The minimum Gasteiger partial charge on any atom is -0.361 e. The summed E-state index contributed by atoms with van der Waals surface area (Å²) in [6.45, 7) is 0.300. The SMILES string of the molecule is Cn1ncc2c(=O)n(CC(=O)NC[C@@H](c3ccccc3)c3c[nH]c4ccccc34)cnc21. The van der Waals surface area contributed by atoms with Gasteiger partial charge in [-0.1, -0.05) is 48.5 Å². The summed E-state index contributed by atoms with van der Waals surface area (Å²) < 4.78 is 2.84. The Morgan fingerprint density at radius 2 is 1.88 bits per heavy atom. The molecule has 0 unspecified atom stereocenters. The van der Waals surface area contributed by atoms with E-state index in [9.17, 15) is 9.59 Å². The van der Waals surface area contributed by atoms with Crippen molar-refractivity contribution in [1.82, 2.24) is 29.6 Å². The van der Waals surface area contributed by atoms with Gasteiger partial charge < -0.3 is 10.3 Å². The fourth-order valence-electron chi connectivity index (χ4n) is 4.08. The second-order valence-electron chi connectivity index (χ2n) is 7.74. The predicted molar refractivity (Wildman–Crippen MR) is 122 cm³/mol. The molecule has 32 heavy (non-hydrogen) atoms. The first-order valence-electron chi connectivity index (χ1n) is 10.4. The number of aryl methyl sites for hydroxylation is 1. The molecule has 3 heterocycles. The van der Waals surface area contributed by atoms with Crippen LogP contribution < -0.4 is 10.9 Å². The number of aromatic amines is 1. The van der Waals surface area contributed by atoms with Gasteiger partial charge in [-0.25, -0.2) is 4.98 Å².